The molecule has 0 fully saturated rings. The quantitative estimate of drug-likeness (QED) is 0.629. The Morgan fingerprint density at radius 2 is 1.67 bits per heavy atom. The summed E-state index contributed by atoms with van der Waals surface area (Å²) < 4.78 is 0. The van der Waals surface area contributed by atoms with E-state index in [2.05, 4.69) is 12.2 Å². The summed E-state index contributed by atoms with van der Waals surface area (Å²) in [5, 5.41) is 3.93. The van der Waals surface area contributed by atoms with Crippen molar-refractivity contribution in [1.29, 1.82) is 0 Å². The molecule has 0 atom stereocenters. The number of nitrogens with zero attached hydrogens (tertiary/aromatic N) is 1. The van der Waals surface area contributed by atoms with E-state index in [0.717, 1.165) is 6.54 Å². The van der Waals surface area contributed by atoms with E-state index in [1.165, 1.54) is 12.8 Å². The van der Waals surface area contributed by atoms with Crippen LogP contribution in [0.2, 0.25) is 0 Å². The van der Waals surface area contributed by atoms with Crippen molar-refractivity contribution in [2.75, 3.05) is 13.6 Å². The average Bonchev–Trinajstić information content (AvgIpc) is 1.88. The first-order chi connectivity index (χ1) is 3.91. The molecular formula is C7H18NY-. The summed E-state index contributed by atoms with van der Waals surface area (Å²) in [6.45, 7) is 7.21. The third kappa shape index (κ3) is 27.4. The summed E-state index contributed by atoms with van der Waals surface area (Å²) >= 11 is 0. The normalized spacial score (nSPS) is 6.67. The molecule has 0 aromatic carbocycles. The third-order valence-corrected chi connectivity index (χ3v) is 0.735. The minimum Gasteiger partial charge on any atom is -0.665 e. The second kappa shape index (κ2) is 23.0. The van der Waals surface area contributed by atoms with Crippen molar-refractivity contribution in [2.24, 2.45) is 0 Å². The topological polar surface area (TPSA) is 14.1 Å². The number of unbranched alkanes of at least 4 members (excludes halogenated alkanes) is 1. The third-order valence-electron chi connectivity index (χ3n) is 0.735. The maximum absolute atomic E-state index is 3.93. The van der Waals surface area contributed by atoms with E-state index in [0.29, 0.717) is 0 Å². The van der Waals surface area contributed by atoms with E-state index >= 15 is 0 Å². The van der Waals surface area contributed by atoms with Crippen LogP contribution in [0.4, 0.5) is 0 Å². The molecule has 0 heterocycles. The molecule has 0 aliphatic heterocycles. The predicted molar refractivity (Wildman–Crippen MR) is 40.4 cm³/mol. The van der Waals surface area contributed by atoms with E-state index in [9.17, 15) is 0 Å². The Morgan fingerprint density at radius 3 is 1.78 bits per heavy atom. The van der Waals surface area contributed by atoms with E-state index in [1.807, 2.05) is 20.9 Å². The number of hydrogen-bond acceptors (Lipinski definition) is 0. The molecule has 0 unspecified atom stereocenters. The Hall–Kier alpha value is 1.06. The van der Waals surface area contributed by atoms with Crippen molar-refractivity contribution in [3.05, 3.63) is 5.32 Å². The molecular weight excluding hydrogens is 187 g/mol. The van der Waals surface area contributed by atoms with Gasteiger partial charge < -0.3 is 5.32 Å². The molecule has 9 heavy (non-hydrogen) atoms. The summed E-state index contributed by atoms with van der Waals surface area (Å²) in [4.78, 5) is 0. The van der Waals surface area contributed by atoms with Crippen LogP contribution in [-0.4, -0.2) is 13.6 Å². The van der Waals surface area contributed by atoms with Crippen LogP contribution >= 0.6 is 0 Å². The van der Waals surface area contributed by atoms with Crippen molar-refractivity contribution in [3.8, 4) is 0 Å². The SMILES string of the molecule is CC.CCCC[N-]C.[Y]. The van der Waals surface area contributed by atoms with Gasteiger partial charge in [-0.3, -0.25) is 0 Å². The largest absolute Gasteiger partial charge is 0.665 e. The number of hydrogen-bond donors (Lipinski definition) is 0. The van der Waals surface area contributed by atoms with Gasteiger partial charge in [0.2, 0.25) is 0 Å². The molecule has 0 saturated heterocycles. The number of rotatable bonds is 3. The minimum atomic E-state index is 0. The fourth-order valence-corrected chi connectivity index (χ4v) is 0.316. The summed E-state index contributed by atoms with van der Waals surface area (Å²) in [6, 6.07) is 0. The zero-order chi connectivity index (χ0) is 6.83. The fourth-order valence-electron chi connectivity index (χ4n) is 0.316. The zero-order valence-corrected chi connectivity index (χ0v) is 9.98. The second-order valence-corrected chi connectivity index (χ2v) is 1.39. The minimum absolute atomic E-state index is 0. The molecule has 1 nitrogen and oxygen atoms in total. The van der Waals surface area contributed by atoms with Crippen LogP contribution in [-0.2, 0) is 32.7 Å². The van der Waals surface area contributed by atoms with Gasteiger partial charge in [-0.2, -0.15) is 7.05 Å². The Kier molecular flexibility index (Phi) is 42.3. The zero-order valence-electron chi connectivity index (χ0n) is 7.15. The first kappa shape index (κ1) is 16.6. The monoisotopic (exact) mass is 205 g/mol. The Labute approximate surface area is 84.9 Å². The Bertz CT molecular complexity index is 20.9. The molecule has 2 heteroatoms. The molecule has 0 aromatic heterocycles. The molecule has 0 amide bonds. The van der Waals surface area contributed by atoms with Crippen LogP contribution in [0.15, 0.2) is 0 Å². The second-order valence-electron chi connectivity index (χ2n) is 1.39. The first-order valence-corrected chi connectivity index (χ1v) is 3.47. The van der Waals surface area contributed by atoms with Gasteiger partial charge in [0.15, 0.2) is 0 Å². The van der Waals surface area contributed by atoms with Gasteiger partial charge in [0.05, 0.1) is 0 Å². The van der Waals surface area contributed by atoms with Crippen LogP contribution in [0.1, 0.15) is 33.6 Å². The molecule has 0 N–H and O–H groups in total. The van der Waals surface area contributed by atoms with E-state index in [-0.39, 0.29) is 32.7 Å². The van der Waals surface area contributed by atoms with Gasteiger partial charge in [-0.05, 0) is 0 Å². The van der Waals surface area contributed by atoms with Crippen molar-refractivity contribution < 1.29 is 32.7 Å². The molecule has 0 bridgehead atoms. The van der Waals surface area contributed by atoms with E-state index in [4.69, 9.17) is 0 Å². The maximum Gasteiger partial charge on any atom is 0 e. The van der Waals surface area contributed by atoms with Crippen LogP contribution in [0.25, 0.3) is 5.32 Å². The van der Waals surface area contributed by atoms with Gasteiger partial charge in [0.25, 0.3) is 0 Å². The van der Waals surface area contributed by atoms with Gasteiger partial charge in [-0.1, -0.05) is 33.6 Å². The van der Waals surface area contributed by atoms with Crippen LogP contribution in [0, 0.1) is 0 Å². The Balaban J connectivity index is -0.000000109. The molecule has 0 aliphatic rings. The van der Waals surface area contributed by atoms with Crippen molar-refractivity contribution in [1.82, 2.24) is 0 Å². The van der Waals surface area contributed by atoms with E-state index < -0.39 is 0 Å². The van der Waals surface area contributed by atoms with Crippen molar-refractivity contribution >= 4 is 0 Å². The van der Waals surface area contributed by atoms with Gasteiger partial charge in [-0.25, -0.2) is 0 Å². The Morgan fingerprint density at radius 1 is 1.22 bits per heavy atom. The summed E-state index contributed by atoms with van der Waals surface area (Å²) in [6.07, 6.45) is 2.51. The summed E-state index contributed by atoms with van der Waals surface area (Å²) in [7, 11) is 1.86. The van der Waals surface area contributed by atoms with Crippen LogP contribution in [0.5, 0.6) is 0 Å². The smallest absolute Gasteiger partial charge is 0 e. The molecule has 0 spiro atoms. The van der Waals surface area contributed by atoms with Gasteiger partial charge in [0.1, 0.15) is 0 Å². The standard InChI is InChI=1S/C5H12N.C2H6.Y/c1-3-4-5-6-2;1-2;/h3-5H2,1-2H3;1-2H3;/q-1;;. The molecule has 1 radical (unpaired) electrons. The first-order valence-electron chi connectivity index (χ1n) is 3.47. The molecule has 55 valence electrons. The fraction of sp³-hybridized carbons (Fsp3) is 1.00. The van der Waals surface area contributed by atoms with Crippen LogP contribution < -0.4 is 0 Å². The van der Waals surface area contributed by atoms with Crippen LogP contribution in [0.3, 0.4) is 0 Å². The van der Waals surface area contributed by atoms with Crippen molar-refractivity contribution in [2.45, 2.75) is 33.6 Å². The van der Waals surface area contributed by atoms with Gasteiger partial charge in [0, 0.05) is 32.7 Å². The summed E-state index contributed by atoms with van der Waals surface area (Å²) in [5.41, 5.74) is 0. The molecule has 0 aliphatic carbocycles. The van der Waals surface area contributed by atoms with Crippen molar-refractivity contribution in [3.63, 3.8) is 0 Å². The molecule has 0 rings (SSSR count). The van der Waals surface area contributed by atoms with E-state index in [1.54, 1.807) is 0 Å². The molecule has 0 saturated carbocycles. The van der Waals surface area contributed by atoms with Gasteiger partial charge in [-0.15, -0.1) is 6.54 Å². The maximum atomic E-state index is 3.93. The average molecular weight is 205 g/mol. The predicted octanol–water partition coefficient (Wildman–Crippen LogP) is 2.81. The molecule has 0 aromatic rings. The summed E-state index contributed by atoms with van der Waals surface area (Å²) in [5.74, 6) is 0. The van der Waals surface area contributed by atoms with Gasteiger partial charge >= 0.3 is 0 Å².